The molecule has 90 valence electrons. The Balaban J connectivity index is 2.58. The van der Waals surface area contributed by atoms with Gasteiger partial charge >= 0.3 is 0 Å². The van der Waals surface area contributed by atoms with Gasteiger partial charge in [-0.25, -0.2) is 0 Å². The molecule has 0 aromatic heterocycles. The highest BCUT2D eigenvalue weighted by Crippen LogP contribution is 2.22. The van der Waals surface area contributed by atoms with Crippen LogP contribution in [0, 0.1) is 6.92 Å². The van der Waals surface area contributed by atoms with Gasteiger partial charge in [0.1, 0.15) is 5.75 Å². The van der Waals surface area contributed by atoms with Crippen molar-refractivity contribution in [1.29, 1.82) is 0 Å². The molecule has 1 aromatic carbocycles. The third kappa shape index (κ3) is 4.23. The third-order valence-corrected chi connectivity index (χ3v) is 2.61. The van der Waals surface area contributed by atoms with Crippen LogP contribution in [0.5, 0.6) is 5.75 Å². The molecule has 0 spiro atoms. The molecular formula is C14H23NO. The average molecular weight is 221 g/mol. The highest BCUT2D eigenvalue weighted by atomic mass is 16.5. The molecule has 2 heteroatoms. The Bertz CT molecular complexity index is 321. The lowest BCUT2D eigenvalue weighted by Gasteiger charge is -2.11. The van der Waals surface area contributed by atoms with E-state index in [2.05, 4.69) is 39.0 Å². The average Bonchev–Trinajstić information content (AvgIpc) is 2.23. The predicted octanol–water partition coefficient (Wildman–Crippen LogP) is 3.24. The SMILES string of the molecule is Cc1cc(OCCCCN)cc(C(C)C)c1. The van der Waals surface area contributed by atoms with Gasteiger partial charge in [-0.05, 0) is 55.5 Å². The van der Waals surface area contributed by atoms with Crippen LogP contribution in [0.4, 0.5) is 0 Å². The first-order chi connectivity index (χ1) is 7.63. The molecule has 0 saturated heterocycles. The van der Waals surface area contributed by atoms with E-state index in [4.69, 9.17) is 10.5 Å². The number of ether oxygens (including phenoxy) is 1. The van der Waals surface area contributed by atoms with Gasteiger partial charge in [-0.1, -0.05) is 19.9 Å². The van der Waals surface area contributed by atoms with E-state index >= 15 is 0 Å². The van der Waals surface area contributed by atoms with Crippen molar-refractivity contribution in [2.45, 2.75) is 39.5 Å². The third-order valence-electron chi connectivity index (χ3n) is 2.61. The van der Waals surface area contributed by atoms with E-state index in [0.29, 0.717) is 5.92 Å². The summed E-state index contributed by atoms with van der Waals surface area (Å²) in [5.41, 5.74) is 8.05. The maximum atomic E-state index is 5.72. The molecule has 0 aliphatic heterocycles. The van der Waals surface area contributed by atoms with Crippen molar-refractivity contribution in [2.24, 2.45) is 5.73 Å². The minimum absolute atomic E-state index is 0.547. The van der Waals surface area contributed by atoms with Crippen molar-refractivity contribution >= 4 is 0 Å². The first-order valence-electron chi connectivity index (χ1n) is 6.08. The topological polar surface area (TPSA) is 35.2 Å². The summed E-state index contributed by atoms with van der Waals surface area (Å²) in [5.74, 6) is 1.53. The maximum absolute atomic E-state index is 5.72. The molecule has 0 unspecified atom stereocenters. The first-order valence-corrected chi connectivity index (χ1v) is 6.08. The van der Waals surface area contributed by atoms with Crippen molar-refractivity contribution < 1.29 is 4.74 Å². The first kappa shape index (κ1) is 13.0. The van der Waals surface area contributed by atoms with Crippen LogP contribution in [-0.2, 0) is 0 Å². The highest BCUT2D eigenvalue weighted by Gasteiger charge is 2.03. The Morgan fingerprint density at radius 3 is 2.56 bits per heavy atom. The summed E-state index contributed by atoms with van der Waals surface area (Å²) in [6.07, 6.45) is 2.06. The largest absolute Gasteiger partial charge is 0.494 e. The van der Waals surface area contributed by atoms with Crippen LogP contribution >= 0.6 is 0 Å². The minimum atomic E-state index is 0.547. The smallest absolute Gasteiger partial charge is 0.119 e. The zero-order valence-electron chi connectivity index (χ0n) is 10.6. The van der Waals surface area contributed by atoms with Crippen molar-refractivity contribution in [3.8, 4) is 5.75 Å². The van der Waals surface area contributed by atoms with E-state index < -0.39 is 0 Å². The molecule has 0 saturated carbocycles. The van der Waals surface area contributed by atoms with Crippen LogP contribution in [0.1, 0.15) is 43.7 Å². The lowest BCUT2D eigenvalue weighted by molar-refractivity contribution is 0.307. The van der Waals surface area contributed by atoms with E-state index in [0.717, 1.165) is 31.7 Å². The predicted molar refractivity (Wildman–Crippen MR) is 69.1 cm³/mol. The van der Waals surface area contributed by atoms with Gasteiger partial charge in [0, 0.05) is 0 Å². The van der Waals surface area contributed by atoms with Crippen LogP contribution in [-0.4, -0.2) is 13.2 Å². The molecule has 0 aliphatic rings. The van der Waals surface area contributed by atoms with E-state index in [9.17, 15) is 0 Å². The molecule has 0 heterocycles. The number of benzene rings is 1. The van der Waals surface area contributed by atoms with E-state index in [1.54, 1.807) is 0 Å². The van der Waals surface area contributed by atoms with E-state index in [-0.39, 0.29) is 0 Å². The quantitative estimate of drug-likeness (QED) is 0.748. The second-order valence-corrected chi connectivity index (χ2v) is 4.58. The highest BCUT2D eigenvalue weighted by molar-refractivity contribution is 5.35. The molecule has 0 atom stereocenters. The monoisotopic (exact) mass is 221 g/mol. The Kier molecular flexibility index (Phi) is 5.33. The summed E-state index contributed by atoms with van der Waals surface area (Å²) < 4.78 is 5.72. The number of hydrogen-bond acceptors (Lipinski definition) is 2. The van der Waals surface area contributed by atoms with Gasteiger partial charge in [-0.3, -0.25) is 0 Å². The lowest BCUT2D eigenvalue weighted by Crippen LogP contribution is -2.03. The van der Waals surface area contributed by atoms with E-state index in [1.165, 1.54) is 11.1 Å². The fourth-order valence-corrected chi connectivity index (χ4v) is 1.63. The molecule has 0 radical (unpaired) electrons. The van der Waals surface area contributed by atoms with Gasteiger partial charge in [0.15, 0.2) is 0 Å². The van der Waals surface area contributed by atoms with Gasteiger partial charge in [0.25, 0.3) is 0 Å². The van der Waals surface area contributed by atoms with Gasteiger partial charge in [-0.15, -0.1) is 0 Å². The summed E-state index contributed by atoms with van der Waals surface area (Å²) in [7, 11) is 0. The number of nitrogens with two attached hydrogens (primary N) is 1. The summed E-state index contributed by atoms with van der Waals surface area (Å²) in [4.78, 5) is 0. The van der Waals surface area contributed by atoms with Crippen LogP contribution < -0.4 is 10.5 Å². The molecule has 0 amide bonds. The van der Waals surface area contributed by atoms with Crippen molar-refractivity contribution in [2.75, 3.05) is 13.2 Å². The van der Waals surface area contributed by atoms with Crippen molar-refractivity contribution in [3.05, 3.63) is 29.3 Å². The molecular weight excluding hydrogens is 198 g/mol. The minimum Gasteiger partial charge on any atom is -0.494 e. The van der Waals surface area contributed by atoms with Gasteiger partial charge < -0.3 is 10.5 Å². The van der Waals surface area contributed by atoms with Crippen LogP contribution in [0.3, 0.4) is 0 Å². The summed E-state index contributed by atoms with van der Waals surface area (Å²) in [6.45, 7) is 8.02. The maximum Gasteiger partial charge on any atom is 0.119 e. The molecule has 2 N–H and O–H groups in total. The Labute approximate surface area is 98.8 Å². The molecule has 0 bridgehead atoms. The molecule has 2 nitrogen and oxygen atoms in total. The Hall–Kier alpha value is -1.02. The normalized spacial score (nSPS) is 10.8. The second kappa shape index (κ2) is 6.54. The lowest BCUT2D eigenvalue weighted by atomic mass is 10.0. The molecule has 1 aromatic rings. The van der Waals surface area contributed by atoms with Crippen LogP contribution in [0.15, 0.2) is 18.2 Å². The molecule has 1 rings (SSSR count). The number of rotatable bonds is 6. The zero-order chi connectivity index (χ0) is 12.0. The van der Waals surface area contributed by atoms with Gasteiger partial charge in [0.2, 0.25) is 0 Å². The van der Waals surface area contributed by atoms with Crippen LogP contribution in [0.2, 0.25) is 0 Å². The number of unbranched alkanes of at least 4 members (excludes halogenated alkanes) is 1. The zero-order valence-corrected chi connectivity index (χ0v) is 10.6. The second-order valence-electron chi connectivity index (χ2n) is 4.58. The fraction of sp³-hybridized carbons (Fsp3) is 0.571. The Morgan fingerprint density at radius 2 is 1.94 bits per heavy atom. The van der Waals surface area contributed by atoms with Crippen molar-refractivity contribution in [3.63, 3.8) is 0 Å². The summed E-state index contributed by atoms with van der Waals surface area (Å²) in [5, 5.41) is 0. The van der Waals surface area contributed by atoms with Crippen LogP contribution in [0.25, 0.3) is 0 Å². The summed E-state index contributed by atoms with van der Waals surface area (Å²) in [6, 6.07) is 6.45. The van der Waals surface area contributed by atoms with Gasteiger partial charge in [-0.2, -0.15) is 0 Å². The molecule has 0 fully saturated rings. The van der Waals surface area contributed by atoms with Gasteiger partial charge in [0.05, 0.1) is 6.61 Å². The van der Waals surface area contributed by atoms with E-state index in [1.807, 2.05) is 0 Å². The number of hydrogen-bond donors (Lipinski definition) is 1. The fourth-order valence-electron chi connectivity index (χ4n) is 1.63. The Morgan fingerprint density at radius 1 is 1.19 bits per heavy atom. The van der Waals surface area contributed by atoms with Crippen molar-refractivity contribution in [1.82, 2.24) is 0 Å². The molecule has 16 heavy (non-hydrogen) atoms. The number of aryl methyl sites for hydroxylation is 1. The summed E-state index contributed by atoms with van der Waals surface area (Å²) >= 11 is 0. The standard InChI is InChI=1S/C14H23NO/c1-11(2)13-8-12(3)9-14(10-13)16-7-5-4-6-15/h8-11H,4-7,15H2,1-3H3. The molecule has 0 aliphatic carbocycles.